The lowest BCUT2D eigenvalue weighted by Crippen LogP contribution is -2.38. The van der Waals surface area contributed by atoms with Crippen LogP contribution in [0.15, 0.2) is 12.1 Å². The van der Waals surface area contributed by atoms with Crippen molar-refractivity contribution in [3.63, 3.8) is 0 Å². The molecule has 0 saturated heterocycles. The number of β-amino-alcohol motifs (C(OH)–C–C–N with tert-alkyl or cyclic N) is 1. The van der Waals surface area contributed by atoms with E-state index in [2.05, 4.69) is 5.32 Å². The Kier molecular flexibility index (Phi) is 6.75. The fraction of sp³-hybridized carbons (Fsp3) is 0.500. The fourth-order valence-corrected chi connectivity index (χ4v) is 1.82. The van der Waals surface area contributed by atoms with E-state index >= 15 is 0 Å². The maximum Gasteiger partial charge on any atom is 0.0915 e. The summed E-state index contributed by atoms with van der Waals surface area (Å²) >= 11 is 11.8. The number of hydrogen-bond donors (Lipinski definition) is 3. The van der Waals surface area contributed by atoms with Crippen LogP contribution in [0.4, 0.5) is 5.69 Å². The van der Waals surface area contributed by atoms with Crippen LogP contribution in [-0.2, 0) is 0 Å². The zero-order valence-corrected chi connectivity index (χ0v) is 13.0. The standard InChI is InChI=1S/C12H18Cl2N2O.ClH/c1-12(2,3)16-6-10(17)7-4-8(13)11(15)9(14)5-7;/h4-5,10,16-17H,6,15H2,1-3H3;1H. The average molecular weight is 314 g/mol. The van der Waals surface area contributed by atoms with E-state index in [0.29, 0.717) is 27.8 Å². The Morgan fingerprint density at radius 3 is 2.11 bits per heavy atom. The predicted octanol–water partition coefficient (Wildman–Crippen LogP) is 3.42. The van der Waals surface area contributed by atoms with E-state index < -0.39 is 6.10 Å². The van der Waals surface area contributed by atoms with Crippen LogP contribution >= 0.6 is 35.6 Å². The third-order valence-electron chi connectivity index (χ3n) is 2.31. The SMILES string of the molecule is CC(C)(C)NCC(O)c1cc(Cl)c(N)c(Cl)c1.Cl. The van der Waals surface area contributed by atoms with E-state index in [9.17, 15) is 5.11 Å². The maximum atomic E-state index is 10.0. The van der Waals surface area contributed by atoms with Gasteiger partial charge in [0.25, 0.3) is 0 Å². The lowest BCUT2D eigenvalue weighted by Gasteiger charge is -2.23. The summed E-state index contributed by atoms with van der Waals surface area (Å²) in [6.07, 6.45) is -0.662. The number of benzene rings is 1. The first-order chi connectivity index (χ1) is 7.70. The highest BCUT2D eigenvalue weighted by Gasteiger charge is 2.15. The Hall–Kier alpha value is -0.190. The van der Waals surface area contributed by atoms with Crippen molar-refractivity contribution in [2.45, 2.75) is 32.4 Å². The van der Waals surface area contributed by atoms with Crippen molar-refractivity contribution < 1.29 is 5.11 Å². The van der Waals surface area contributed by atoms with E-state index in [1.165, 1.54) is 0 Å². The van der Waals surface area contributed by atoms with Crippen LogP contribution in [0.5, 0.6) is 0 Å². The third-order valence-corrected chi connectivity index (χ3v) is 2.94. The number of aliphatic hydroxyl groups is 1. The number of nitrogens with two attached hydrogens (primary N) is 1. The first kappa shape index (κ1) is 17.8. The molecule has 1 rings (SSSR count). The van der Waals surface area contributed by atoms with Gasteiger partial charge in [-0.05, 0) is 38.5 Å². The molecule has 0 spiro atoms. The van der Waals surface area contributed by atoms with Crippen molar-refractivity contribution in [3.05, 3.63) is 27.7 Å². The molecule has 1 aromatic carbocycles. The van der Waals surface area contributed by atoms with E-state index in [4.69, 9.17) is 28.9 Å². The quantitative estimate of drug-likeness (QED) is 0.749. The van der Waals surface area contributed by atoms with E-state index in [1.807, 2.05) is 20.8 Å². The zero-order chi connectivity index (χ0) is 13.2. The molecule has 0 aliphatic rings. The molecule has 1 atom stereocenters. The van der Waals surface area contributed by atoms with Gasteiger partial charge in [0.2, 0.25) is 0 Å². The molecular weight excluding hydrogens is 295 g/mol. The second-order valence-corrected chi connectivity index (χ2v) is 5.86. The van der Waals surface area contributed by atoms with Gasteiger partial charge < -0.3 is 16.2 Å². The monoisotopic (exact) mass is 312 g/mol. The number of nitrogen functional groups attached to an aromatic ring is 1. The zero-order valence-electron chi connectivity index (χ0n) is 10.6. The molecule has 0 radical (unpaired) electrons. The van der Waals surface area contributed by atoms with Gasteiger partial charge >= 0.3 is 0 Å². The summed E-state index contributed by atoms with van der Waals surface area (Å²) in [6.45, 7) is 6.52. The molecular formula is C12H19Cl3N2O. The Morgan fingerprint density at radius 1 is 1.28 bits per heavy atom. The minimum atomic E-state index is -0.662. The van der Waals surface area contributed by atoms with Crippen LogP contribution in [-0.4, -0.2) is 17.2 Å². The molecule has 0 aliphatic carbocycles. The molecule has 4 N–H and O–H groups in total. The molecule has 18 heavy (non-hydrogen) atoms. The summed E-state index contributed by atoms with van der Waals surface area (Å²) in [5.41, 5.74) is 6.58. The minimum absolute atomic E-state index is 0. The number of rotatable bonds is 3. The normalized spacial score (nSPS) is 13.0. The van der Waals surface area contributed by atoms with Gasteiger partial charge in [0.05, 0.1) is 21.8 Å². The van der Waals surface area contributed by atoms with Gasteiger partial charge in [-0.1, -0.05) is 23.2 Å². The number of nitrogens with one attached hydrogen (secondary N) is 1. The summed E-state index contributed by atoms with van der Waals surface area (Å²) < 4.78 is 0. The smallest absolute Gasteiger partial charge is 0.0915 e. The highest BCUT2D eigenvalue weighted by atomic mass is 35.5. The van der Waals surface area contributed by atoms with Crippen LogP contribution < -0.4 is 11.1 Å². The maximum absolute atomic E-state index is 10.0. The van der Waals surface area contributed by atoms with Crippen molar-refractivity contribution >= 4 is 41.3 Å². The van der Waals surface area contributed by atoms with Crippen molar-refractivity contribution in [3.8, 4) is 0 Å². The first-order valence-electron chi connectivity index (χ1n) is 5.38. The number of aliphatic hydroxyl groups excluding tert-OH is 1. The van der Waals surface area contributed by atoms with Crippen LogP contribution in [0.25, 0.3) is 0 Å². The minimum Gasteiger partial charge on any atom is -0.396 e. The van der Waals surface area contributed by atoms with Gasteiger partial charge in [0.15, 0.2) is 0 Å². The summed E-state index contributed by atoms with van der Waals surface area (Å²) in [4.78, 5) is 0. The second-order valence-electron chi connectivity index (χ2n) is 5.04. The number of hydrogen-bond acceptors (Lipinski definition) is 3. The Bertz CT molecular complexity index is 382. The summed E-state index contributed by atoms with van der Waals surface area (Å²) in [5.74, 6) is 0. The number of halogens is 3. The summed E-state index contributed by atoms with van der Waals surface area (Å²) in [7, 11) is 0. The molecule has 0 aliphatic heterocycles. The molecule has 0 fully saturated rings. The first-order valence-corrected chi connectivity index (χ1v) is 6.14. The van der Waals surface area contributed by atoms with Gasteiger partial charge in [0, 0.05) is 12.1 Å². The molecule has 1 aromatic rings. The molecule has 0 saturated carbocycles. The Balaban J connectivity index is 0.00000289. The fourth-order valence-electron chi connectivity index (χ4n) is 1.32. The van der Waals surface area contributed by atoms with Gasteiger partial charge in [-0.15, -0.1) is 12.4 Å². The van der Waals surface area contributed by atoms with Crippen molar-refractivity contribution in [2.24, 2.45) is 0 Å². The largest absolute Gasteiger partial charge is 0.396 e. The third kappa shape index (κ3) is 5.21. The van der Waals surface area contributed by atoms with E-state index in [1.54, 1.807) is 12.1 Å². The lowest BCUT2D eigenvalue weighted by molar-refractivity contribution is 0.163. The molecule has 0 aromatic heterocycles. The Labute approximate surface area is 124 Å². The van der Waals surface area contributed by atoms with Crippen LogP contribution in [0, 0.1) is 0 Å². The molecule has 0 heterocycles. The number of anilines is 1. The predicted molar refractivity (Wildman–Crippen MR) is 80.8 cm³/mol. The molecule has 0 amide bonds. The van der Waals surface area contributed by atoms with Gasteiger partial charge in [0.1, 0.15) is 0 Å². The summed E-state index contributed by atoms with van der Waals surface area (Å²) in [6, 6.07) is 3.27. The molecule has 6 heteroatoms. The van der Waals surface area contributed by atoms with Gasteiger partial charge in [-0.3, -0.25) is 0 Å². The highest BCUT2D eigenvalue weighted by Crippen LogP contribution is 2.31. The van der Waals surface area contributed by atoms with Crippen LogP contribution in [0.1, 0.15) is 32.4 Å². The van der Waals surface area contributed by atoms with Crippen LogP contribution in [0.2, 0.25) is 10.0 Å². The van der Waals surface area contributed by atoms with Gasteiger partial charge in [-0.25, -0.2) is 0 Å². The van der Waals surface area contributed by atoms with Gasteiger partial charge in [-0.2, -0.15) is 0 Å². The van der Waals surface area contributed by atoms with Crippen molar-refractivity contribution in [2.75, 3.05) is 12.3 Å². The summed E-state index contributed by atoms with van der Waals surface area (Å²) in [5, 5.41) is 13.9. The molecule has 1 unspecified atom stereocenters. The lowest BCUT2D eigenvalue weighted by atomic mass is 10.1. The van der Waals surface area contributed by atoms with Crippen molar-refractivity contribution in [1.29, 1.82) is 0 Å². The van der Waals surface area contributed by atoms with E-state index in [-0.39, 0.29) is 17.9 Å². The molecule has 3 nitrogen and oxygen atoms in total. The average Bonchev–Trinajstić information content (AvgIpc) is 2.20. The Morgan fingerprint density at radius 2 is 1.72 bits per heavy atom. The van der Waals surface area contributed by atoms with E-state index in [0.717, 1.165) is 0 Å². The second kappa shape index (κ2) is 6.83. The molecule has 104 valence electrons. The van der Waals surface area contributed by atoms with Crippen molar-refractivity contribution in [1.82, 2.24) is 5.32 Å². The highest BCUT2D eigenvalue weighted by molar-refractivity contribution is 6.38. The molecule has 0 bridgehead atoms. The topological polar surface area (TPSA) is 58.3 Å². The van der Waals surface area contributed by atoms with Crippen LogP contribution in [0.3, 0.4) is 0 Å².